The molecule has 0 saturated heterocycles. The summed E-state index contributed by atoms with van der Waals surface area (Å²) < 4.78 is 0. The van der Waals surface area contributed by atoms with Crippen molar-refractivity contribution in [3.63, 3.8) is 0 Å². The van der Waals surface area contributed by atoms with Crippen molar-refractivity contribution in [3.05, 3.63) is 29.8 Å². The third kappa shape index (κ3) is 2.99. The fourth-order valence-corrected chi connectivity index (χ4v) is 2.30. The number of rotatable bonds is 3. The SMILES string of the molecule is CC(C)(O)CCN1CCC(N)c2ccccc21. The number of anilines is 1. The van der Waals surface area contributed by atoms with Gasteiger partial charge in [-0.15, -0.1) is 0 Å². The Morgan fingerprint density at radius 1 is 1.41 bits per heavy atom. The Bertz CT molecular complexity index is 384. The maximum Gasteiger partial charge on any atom is 0.0608 e. The van der Waals surface area contributed by atoms with Crippen LogP contribution in [0.25, 0.3) is 0 Å². The zero-order valence-electron chi connectivity index (χ0n) is 10.7. The van der Waals surface area contributed by atoms with Crippen molar-refractivity contribution in [2.45, 2.75) is 38.3 Å². The number of hydrogen-bond donors (Lipinski definition) is 2. The van der Waals surface area contributed by atoms with E-state index in [0.717, 1.165) is 25.9 Å². The second-order valence-corrected chi connectivity index (χ2v) is 5.50. The lowest BCUT2D eigenvalue weighted by atomic mass is 9.96. The second kappa shape index (κ2) is 4.67. The van der Waals surface area contributed by atoms with E-state index >= 15 is 0 Å². The first-order chi connectivity index (χ1) is 7.97. The Hall–Kier alpha value is -1.06. The molecule has 3 N–H and O–H groups in total. The van der Waals surface area contributed by atoms with Gasteiger partial charge in [0.15, 0.2) is 0 Å². The molecule has 3 heteroatoms. The van der Waals surface area contributed by atoms with Crippen LogP contribution in [0.1, 0.15) is 38.3 Å². The molecular formula is C14H22N2O. The smallest absolute Gasteiger partial charge is 0.0608 e. The predicted molar refractivity (Wildman–Crippen MR) is 71.1 cm³/mol. The Morgan fingerprint density at radius 3 is 2.82 bits per heavy atom. The van der Waals surface area contributed by atoms with E-state index in [9.17, 15) is 5.11 Å². The molecule has 0 bridgehead atoms. The van der Waals surface area contributed by atoms with Crippen LogP contribution in [0, 0.1) is 0 Å². The molecule has 1 atom stereocenters. The monoisotopic (exact) mass is 234 g/mol. The maximum absolute atomic E-state index is 9.80. The van der Waals surface area contributed by atoms with Gasteiger partial charge in [-0.3, -0.25) is 0 Å². The predicted octanol–water partition coefficient (Wildman–Crippen LogP) is 2.06. The number of nitrogens with two attached hydrogens (primary N) is 1. The van der Waals surface area contributed by atoms with Crippen LogP contribution in [0.3, 0.4) is 0 Å². The van der Waals surface area contributed by atoms with Gasteiger partial charge in [-0.2, -0.15) is 0 Å². The molecule has 0 fully saturated rings. The van der Waals surface area contributed by atoms with Gasteiger partial charge in [0.2, 0.25) is 0 Å². The molecule has 1 aromatic rings. The van der Waals surface area contributed by atoms with Crippen LogP contribution >= 0.6 is 0 Å². The van der Waals surface area contributed by atoms with Gasteiger partial charge in [0, 0.05) is 24.8 Å². The molecule has 1 aliphatic heterocycles. The van der Waals surface area contributed by atoms with E-state index in [0.29, 0.717) is 0 Å². The number of fused-ring (bicyclic) bond motifs is 1. The number of hydrogen-bond acceptors (Lipinski definition) is 3. The molecule has 0 aliphatic carbocycles. The number of nitrogens with zero attached hydrogens (tertiary/aromatic N) is 1. The summed E-state index contributed by atoms with van der Waals surface area (Å²) in [5.41, 5.74) is 7.97. The van der Waals surface area contributed by atoms with Crippen LogP contribution in [0.4, 0.5) is 5.69 Å². The molecule has 1 aromatic carbocycles. The zero-order chi connectivity index (χ0) is 12.5. The summed E-state index contributed by atoms with van der Waals surface area (Å²) >= 11 is 0. The van der Waals surface area contributed by atoms with E-state index in [-0.39, 0.29) is 6.04 Å². The highest BCUT2D eigenvalue weighted by molar-refractivity contribution is 5.56. The van der Waals surface area contributed by atoms with Gasteiger partial charge in [-0.1, -0.05) is 18.2 Å². The molecule has 2 rings (SSSR count). The number of para-hydroxylation sites is 1. The normalized spacial score (nSPS) is 20.2. The molecular weight excluding hydrogens is 212 g/mol. The summed E-state index contributed by atoms with van der Waals surface area (Å²) in [6.45, 7) is 5.57. The highest BCUT2D eigenvalue weighted by atomic mass is 16.3. The van der Waals surface area contributed by atoms with Gasteiger partial charge in [0.25, 0.3) is 0 Å². The Kier molecular flexibility index (Phi) is 3.40. The van der Waals surface area contributed by atoms with Gasteiger partial charge < -0.3 is 15.7 Å². The van der Waals surface area contributed by atoms with Crippen LogP contribution < -0.4 is 10.6 Å². The Morgan fingerprint density at radius 2 is 2.12 bits per heavy atom. The van der Waals surface area contributed by atoms with Crippen molar-refractivity contribution in [2.24, 2.45) is 5.73 Å². The molecule has 17 heavy (non-hydrogen) atoms. The standard InChI is InChI=1S/C14H22N2O/c1-14(2,17)8-10-16-9-7-12(15)11-5-3-4-6-13(11)16/h3-6,12,17H,7-10,15H2,1-2H3. The van der Waals surface area contributed by atoms with Crippen molar-refractivity contribution in [1.29, 1.82) is 0 Å². The highest BCUT2D eigenvalue weighted by Gasteiger charge is 2.23. The molecule has 0 aromatic heterocycles. The summed E-state index contributed by atoms with van der Waals surface area (Å²) in [6.07, 6.45) is 1.76. The van der Waals surface area contributed by atoms with Crippen molar-refractivity contribution < 1.29 is 5.11 Å². The lowest BCUT2D eigenvalue weighted by Gasteiger charge is -2.35. The van der Waals surface area contributed by atoms with Gasteiger partial charge in [-0.05, 0) is 38.3 Å². The average molecular weight is 234 g/mol. The Labute approximate surface area is 103 Å². The minimum absolute atomic E-state index is 0.157. The van der Waals surface area contributed by atoms with Gasteiger partial charge in [0.05, 0.1) is 5.60 Å². The van der Waals surface area contributed by atoms with Crippen LogP contribution in [0.5, 0.6) is 0 Å². The first-order valence-corrected chi connectivity index (χ1v) is 6.29. The molecule has 1 heterocycles. The molecule has 1 aliphatic rings. The summed E-state index contributed by atoms with van der Waals surface area (Å²) in [5.74, 6) is 0. The summed E-state index contributed by atoms with van der Waals surface area (Å²) in [4.78, 5) is 2.33. The molecule has 0 spiro atoms. The molecule has 94 valence electrons. The van der Waals surface area contributed by atoms with Crippen LogP contribution in [-0.2, 0) is 0 Å². The molecule has 3 nitrogen and oxygen atoms in total. The highest BCUT2D eigenvalue weighted by Crippen LogP contribution is 2.32. The van der Waals surface area contributed by atoms with Gasteiger partial charge in [-0.25, -0.2) is 0 Å². The van der Waals surface area contributed by atoms with Crippen molar-refractivity contribution >= 4 is 5.69 Å². The van der Waals surface area contributed by atoms with E-state index in [2.05, 4.69) is 17.0 Å². The summed E-state index contributed by atoms with van der Waals surface area (Å²) in [5, 5.41) is 9.80. The zero-order valence-corrected chi connectivity index (χ0v) is 10.7. The van der Waals surface area contributed by atoms with E-state index in [1.54, 1.807) is 0 Å². The largest absolute Gasteiger partial charge is 0.390 e. The molecule has 1 unspecified atom stereocenters. The average Bonchev–Trinajstić information content (AvgIpc) is 2.27. The van der Waals surface area contributed by atoms with E-state index < -0.39 is 5.60 Å². The minimum Gasteiger partial charge on any atom is -0.390 e. The first-order valence-electron chi connectivity index (χ1n) is 6.29. The van der Waals surface area contributed by atoms with Crippen molar-refractivity contribution in [3.8, 4) is 0 Å². The number of benzene rings is 1. The fraction of sp³-hybridized carbons (Fsp3) is 0.571. The fourth-order valence-electron chi connectivity index (χ4n) is 2.30. The third-order valence-electron chi connectivity index (χ3n) is 3.38. The molecule has 0 radical (unpaired) electrons. The van der Waals surface area contributed by atoms with E-state index in [1.807, 2.05) is 26.0 Å². The van der Waals surface area contributed by atoms with Crippen molar-refractivity contribution in [2.75, 3.05) is 18.0 Å². The van der Waals surface area contributed by atoms with Crippen molar-refractivity contribution in [1.82, 2.24) is 0 Å². The topological polar surface area (TPSA) is 49.5 Å². The van der Waals surface area contributed by atoms with Gasteiger partial charge >= 0.3 is 0 Å². The lowest BCUT2D eigenvalue weighted by Crippen LogP contribution is -2.37. The number of aliphatic hydroxyl groups is 1. The molecule has 0 amide bonds. The Balaban J connectivity index is 2.13. The minimum atomic E-state index is -0.603. The summed E-state index contributed by atoms with van der Waals surface area (Å²) in [6, 6.07) is 8.48. The van der Waals surface area contributed by atoms with Crippen LogP contribution in [-0.4, -0.2) is 23.8 Å². The van der Waals surface area contributed by atoms with Crippen LogP contribution in [0.2, 0.25) is 0 Å². The van der Waals surface area contributed by atoms with E-state index in [4.69, 9.17) is 5.73 Å². The van der Waals surface area contributed by atoms with Crippen LogP contribution in [0.15, 0.2) is 24.3 Å². The van der Waals surface area contributed by atoms with Gasteiger partial charge in [0.1, 0.15) is 0 Å². The third-order valence-corrected chi connectivity index (χ3v) is 3.38. The van der Waals surface area contributed by atoms with E-state index in [1.165, 1.54) is 11.3 Å². The first kappa shape index (κ1) is 12.4. The summed E-state index contributed by atoms with van der Waals surface area (Å²) in [7, 11) is 0. The lowest BCUT2D eigenvalue weighted by molar-refractivity contribution is 0.0729. The quantitative estimate of drug-likeness (QED) is 0.841. The maximum atomic E-state index is 9.80. The molecule has 0 saturated carbocycles. The second-order valence-electron chi connectivity index (χ2n) is 5.50.